The van der Waals surface area contributed by atoms with Crippen LogP contribution in [0, 0.1) is 6.92 Å². The number of nitrogens with one attached hydrogen (secondary N) is 2. The minimum Gasteiger partial charge on any atom is -0.325 e. The summed E-state index contributed by atoms with van der Waals surface area (Å²) in [6.07, 6.45) is 8.44. The molecule has 1 saturated carbocycles. The summed E-state index contributed by atoms with van der Waals surface area (Å²) in [5.74, 6) is 0.0666. The first-order valence-electron chi connectivity index (χ1n) is 11.6. The van der Waals surface area contributed by atoms with E-state index in [0.29, 0.717) is 0 Å². The van der Waals surface area contributed by atoms with Gasteiger partial charge in [-0.05, 0) is 62.4 Å². The van der Waals surface area contributed by atoms with Crippen molar-refractivity contribution >= 4 is 23.3 Å². The van der Waals surface area contributed by atoms with Crippen LogP contribution in [0.2, 0.25) is 0 Å². The first-order chi connectivity index (χ1) is 15.1. The average Bonchev–Trinajstić information content (AvgIpc) is 3.12. The lowest BCUT2D eigenvalue weighted by molar-refractivity contribution is -0.121. The predicted octanol–water partition coefficient (Wildman–Crippen LogP) is 5.85. The van der Waals surface area contributed by atoms with Crippen LogP contribution >= 0.6 is 0 Å². The van der Waals surface area contributed by atoms with Gasteiger partial charge in [0.05, 0.1) is 5.41 Å². The topological polar surface area (TPSA) is 61.4 Å². The fraction of sp³-hybridized carbons (Fsp3) is 0.462. The quantitative estimate of drug-likeness (QED) is 0.653. The molecule has 1 aliphatic heterocycles. The SMILES string of the molecule is Cc1cccc(C2(C(=O)Nc3ccc(NC(=O)N4CCCCCC4)cc3)CCCC2)c1. The first kappa shape index (κ1) is 21.4. The molecule has 1 heterocycles. The Balaban J connectivity index is 1.42. The fourth-order valence-electron chi connectivity index (χ4n) is 4.93. The van der Waals surface area contributed by atoms with Crippen molar-refractivity contribution < 1.29 is 9.59 Å². The highest BCUT2D eigenvalue weighted by molar-refractivity contribution is 5.99. The van der Waals surface area contributed by atoms with E-state index in [4.69, 9.17) is 0 Å². The Labute approximate surface area is 185 Å². The molecule has 0 bridgehead atoms. The molecule has 5 heteroatoms. The van der Waals surface area contributed by atoms with Gasteiger partial charge in [-0.3, -0.25) is 4.79 Å². The Morgan fingerprint density at radius 3 is 2.03 bits per heavy atom. The summed E-state index contributed by atoms with van der Waals surface area (Å²) in [6, 6.07) is 15.8. The van der Waals surface area contributed by atoms with Crippen LogP contribution in [0.25, 0.3) is 0 Å². The zero-order valence-corrected chi connectivity index (χ0v) is 18.5. The lowest BCUT2D eigenvalue weighted by Gasteiger charge is -2.28. The number of hydrogen-bond donors (Lipinski definition) is 2. The standard InChI is InChI=1S/C26H33N3O2/c1-20-9-8-10-21(19-20)26(15-4-5-16-26)24(30)27-22-11-13-23(14-12-22)28-25(31)29-17-6-2-3-7-18-29/h8-14,19H,2-7,15-18H2,1H3,(H,27,30)(H,28,31). The molecule has 1 aliphatic carbocycles. The molecule has 2 fully saturated rings. The number of anilines is 2. The van der Waals surface area contributed by atoms with Crippen molar-refractivity contribution in [3.8, 4) is 0 Å². The van der Waals surface area contributed by atoms with E-state index in [9.17, 15) is 9.59 Å². The zero-order chi connectivity index (χ0) is 21.7. The third-order valence-electron chi connectivity index (χ3n) is 6.75. The summed E-state index contributed by atoms with van der Waals surface area (Å²) in [5, 5.41) is 6.12. The van der Waals surface area contributed by atoms with Crippen LogP contribution < -0.4 is 10.6 Å². The van der Waals surface area contributed by atoms with Gasteiger partial charge in [-0.2, -0.15) is 0 Å². The van der Waals surface area contributed by atoms with E-state index in [2.05, 4.69) is 35.8 Å². The first-order valence-corrected chi connectivity index (χ1v) is 11.6. The second-order valence-electron chi connectivity index (χ2n) is 9.02. The van der Waals surface area contributed by atoms with Crippen molar-refractivity contribution in [1.29, 1.82) is 0 Å². The van der Waals surface area contributed by atoms with Crippen LogP contribution in [0.15, 0.2) is 48.5 Å². The lowest BCUT2D eigenvalue weighted by atomic mass is 9.77. The maximum absolute atomic E-state index is 13.4. The van der Waals surface area contributed by atoms with Gasteiger partial charge in [0.25, 0.3) is 0 Å². The van der Waals surface area contributed by atoms with Crippen molar-refractivity contribution in [2.75, 3.05) is 23.7 Å². The minimum absolute atomic E-state index is 0.0389. The smallest absolute Gasteiger partial charge is 0.321 e. The van der Waals surface area contributed by atoms with Gasteiger partial charge in [0, 0.05) is 24.5 Å². The molecule has 1 saturated heterocycles. The van der Waals surface area contributed by atoms with Gasteiger partial charge in [-0.15, -0.1) is 0 Å². The van der Waals surface area contributed by atoms with Gasteiger partial charge in [0.15, 0.2) is 0 Å². The van der Waals surface area contributed by atoms with Gasteiger partial charge >= 0.3 is 6.03 Å². The van der Waals surface area contributed by atoms with E-state index >= 15 is 0 Å². The second-order valence-corrected chi connectivity index (χ2v) is 9.02. The average molecular weight is 420 g/mol. The summed E-state index contributed by atoms with van der Waals surface area (Å²) in [7, 11) is 0. The van der Waals surface area contributed by atoms with Crippen molar-refractivity contribution in [2.24, 2.45) is 0 Å². The number of carbonyl (C=O) groups excluding carboxylic acids is 2. The van der Waals surface area contributed by atoms with Crippen LogP contribution in [-0.4, -0.2) is 29.9 Å². The second kappa shape index (κ2) is 9.54. The summed E-state index contributed by atoms with van der Waals surface area (Å²) >= 11 is 0. The molecule has 2 aliphatic rings. The van der Waals surface area contributed by atoms with E-state index in [1.807, 2.05) is 35.2 Å². The number of carbonyl (C=O) groups is 2. The Hall–Kier alpha value is -2.82. The molecule has 5 nitrogen and oxygen atoms in total. The van der Waals surface area contributed by atoms with Crippen LogP contribution in [-0.2, 0) is 10.2 Å². The molecule has 2 N–H and O–H groups in total. The molecule has 2 aromatic rings. The van der Waals surface area contributed by atoms with Crippen molar-refractivity contribution in [3.05, 3.63) is 59.7 Å². The predicted molar refractivity (Wildman–Crippen MR) is 125 cm³/mol. The molecular weight excluding hydrogens is 386 g/mol. The monoisotopic (exact) mass is 419 g/mol. The van der Waals surface area contributed by atoms with E-state index in [1.54, 1.807) is 0 Å². The number of rotatable bonds is 4. The normalized spacial score (nSPS) is 18.3. The van der Waals surface area contributed by atoms with Crippen molar-refractivity contribution in [1.82, 2.24) is 4.90 Å². The molecule has 3 amide bonds. The fourth-order valence-corrected chi connectivity index (χ4v) is 4.93. The van der Waals surface area contributed by atoms with E-state index in [1.165, 1.54) is 18.4 Å². The summed E-state index contributed by atoms with van der Waals surface area (Å²) in [5.41, 5.74) is 3.36. The number of hydrogen-bond acceptors (Lipinski definition) is 2. The summed E-state index contributed by atoms with van der Waals surface area (Å²) in [4.78, 5) is 27.8. The van der Waals surface area contributed by atoms with Crippen LogP contribution in [0.5, 0.6) is 0 Å². The van der Waals surface area contributed by atoms with Crippen LogP contribution in [0.4, 0.5) is 16.2 Å². The van der Waals surface area contributed by atoms with E-state index in [-0.39, 0.29) is 11.9 Å². The largest absolute Gasteiger partial charge is 0.325 e. The molecule has 4 rings (SSSR count). The van der Waals surface area contributed by atoms with Gasteiger partial charge in [-0.1, -0.05) is 55.5 Å². The number of benzene rings is 2. The molecule has 0 atom stereocenters. The number of nitrogens with zero attached hydrogens (tertiary/aromatic N) is 1. The molecule has 0 aromatic heterocycles. The Morgan fingerprint density at radius 1 is 0.806 bits per heavy atom. The van der Waals surface area contributed by atoms with Crippen LogP contribution in [0.1, 0.15) is 62.5 Å². The third kappa shape index (κ3) is 4.92. The van der Waals surface area contributed by atoms with Gasteiger partial charge in [-0.25, -0.2) is 4.79 Å². The Bertz CT molecular complexity index is 909. The van der Waals surface area contributed by atoms with E-state index < -0.39 is 5.41 Å². The van der Waals surface area contributed by atoms with Crippen molar-refractivity contribution in [3.63, 3.8) is 0 Å². The number of urea groups is 1. The highest BCUT2D eigenvalue weighted by Crippen LogP contribution is 2.42. The maximum Gasteiger partial charge on any atom is 0.321 e. The molecule has 31 heavy (non-hydrogen) atoms. The zero-order valence-electron chi connectivity index (χ0n) is 18.5. The lowest BCUT2D eigenvalue weighted by Crippen LogP contribution is -2.38. The Morgan fingerprint density at radius 2 is 1.42 bits per heavy atom. The summed E-state index contributed by atoms with van der Waals surface area (Å²) in [6.45, 7) is 3.71. The van der Waals surface area contributed by atoms with Gasteiger partial charge < -0.3 is 15.5 Å². The number of aryl methyl sites for hydroxylation is 1. The van der Waals surface area contributed by atoms with E-state index in [0.717, 1.165) is 68.6 Å². The van der Waals surface area contributed by atoms with Crippen LogP contribution in [0.3, 0.4) is 0 Å². The molecule has 164 valence electrons. The highest BCUT2D eigenvalue weighted by Gasteiger charge is 2.42. The number of amides is 3. The maximum atomic E-state index is 13.4. The molecule has 0 unspecified atom stereocenters. The molecule has 2 aromatic carbocycles. The Kier molecular flexibility index (Phi) is 6.59. The molecule has 0 radical (unpaired) electrons. The summed E-state index contributed by atoms with van der Waals surface area (Å²) < 4.78 is 0. The van der Waals surface area contributed by atoms with Gasteiger partial charge in [0.1, 0.15) is 0 Å². The molecule has 0 spiro atoms. The van der Waals surface area contributed by atoms with Gasteiger partial charge in [0.2, 0.25) is 5.91 Å². The molecular formula is C26H33N3O2. The minimum atomic E-state index is -0.453. The third-order valence-corrected chi connectivity index (χ3v) is 6.75. The number of likely N-dealkylation sites (tertiary alicyclic amines) is 1. The highest BCUT2D eigenvalue weighted by atomic mass is 16.2. The van der Waals surface area contributed by atoms with Crippen molar-refractivity contribution in [2.45, 2.75) is 63.7 Å².